The monoisotopic (exact) mass is 590 g/mol. The second-order valence-electron chi connectivity index (χ2n) is 9.72. The van der Waals surface area contributed by atoms with Gasteiger partial charge in [-0.1, -0.05) is 35.9 Å². The molecule has 41 heavy (non-hydrogen) atoms. The number of nitrogens with one attached hydrogen (secondary N) is 2. The Labute approximate surface area is 245 Å². The summed E-state index contributed by atoms with van der Waals surface area (Å²) in [7, 11) is -2.08. The molecule has 4 aromatic rings. The number of methoxy groups -OCH3 is 1. The van der Waals surface area contributed by atoms with Crippen molar-refractivity contribution in [3.8, 4) is 5.75 Å². The van der Waals surface area contributed by atoms with Crippen LogP contribution in [0, 0.1) is 0 Å². The smallest absolute Gasteiger partial charge is 0.261 e. The van der Waals surface area contributed by atoms with Crippen molar-refractivity contribution < 1.29 is 17.9 Å². The van der Waals surface area contributed by atoms with Gasteiger partial charge in [0.15, 0.2) is 0 Å². The molecule has 212 valence electrons. The zero-order valence-electron chi connectivity index (χ0n) is 22.6. The minimum atomic E-state index is -3.78. The maximum Gasteiger partial charge on any atom is 0.261 e. The maximum atomic E-state index is 12.8. The Balaban J connectivity index is 1.13. The molecule has 8 nitrogen and oxygen atoms in total. The topological polar surface area (TPSA) is 91.0 Å². The first-order valence-electron chi connectivity index (χ1n) is 13.2. The molecule has 2 N–H and O–H groups in total. The summed E-state index contributed by atoms with van der Waals surface area (Å²) in [5, 5.41) is 3.34. The fourth-order valence-electron chi connectivity index (χ4n) is 4.71. The van der Waals surface area contributed by atoms with Gasteiger partial charge in [-0.3, -0.25) is 14.4 Å². The number of nitrogens with zero attached hydrogens (tertiary/aromatic N) is 2. The molecule has 1 heterocycles. The van der Waals surface area contributed by atoms with Gasteiger partial charge < -0.3 is 15.0 Å². The fourth-order valence-corrected chi connectivity index (χ4v) is 5.89. The van der Waals surface area contributed by atoms with Crippen molar-refractivity contribution in [1.82, 2.24) is 4.90 Å². The highest BCUT2D eigenvalue weighted by Crippen LogP contribution is 2.28. The van der Waals surface area contributed by atoms with Gasteiger partial charge in [-0.25, -0.2) is 8.42 Å². The third kappa shape index (κ3) is 7.18. The van der Waals surface area contributed by atoms with Crippen LogP contribution in [0.2, 0.25) is 5.02 Å². The number of rotatable bonds is 9. The van der Waals surface area contributed by atoms with E-state index in [-0.39, 0.29) is 10.8 Å². The van der Waals surface area contributed by atoms with Crippen molar-refractivity contribution in [2.75, 3.05) is 48.2 Å². The van der Waals surface area contributed by atoms with Gasteiger partial charge >= 0.3 is 0 Å². The van der Waals surface area contributed by atoms with E-state index < -0.39 is 10.0 Å². The van der Waals surface area contributed by atoms with Gasteiger partial charge in [-0.05, 0) is 78.4 Å². The van der Waals surface area contributed by atoms with E-state index in [1.807, 2.05) is 42.5 Å². The van der Waals surface area contributed by atoms with E-state index in [2.05, 4.69) is 25.9 Å². The number of hydrogen-bond acceptors (Lipinski definition) is 6. The number of ether oxygens (including phenoxy) is 1. The second kappa shape index (κ2) is 12.6. The van der Waals surface area contributed by atoms with Crippen molar-refractivity contribution >= 4 is 44.6 Å². The van der Waals surface area contributed by atoms with Crippen LogP contribution >= 0.6 is 11.6 Å². The van der Waals surface area contributed by atoms with Crippen molar-refractivity contribution in [1.29, 1.82) is 0 Å². The molecule has 0 unspecified atom stereocenters. The number of benzene rings is 4. The number of para-hydroxylation sites is 2. The first-order valence-corrected chi connectivity index (χ1v) is 15.1. The number of halogens is 1. The van der Waals surface area contributed by atoms with E-state index in [1.54, 1.807) is 43.5 Å². The van der Waals surface area contributed by atoms with Gasteiger partial charge in [0.05, 0.1) is 17.7 Å². The number of amides is 1. The Kier molecular flexibility index (Phi) is 8.78. The standard InChI is InChI=1S/C31H31ClN4O4S/c1-40-30-5-3-2-4-29(30)36-20-18-35(19-21-36)22-23-6-8-24(9-7-23)31(37)33-26-14-16-28(17-15-26)41(38,39)34-27-12-10-25(32)11-13-27/h2-17,34H,18-22H2,1H3,(H,33,37). The van der Waals surface area contributed by atoms with Crippen molar-refractivity contribution in [2.45, 2.75) is 11.4 Å². The van der Waals surface area contributed by atoms with Crippen molar-refractivity contribution in [3.63, 3.8) is 0 Å². The minimum Gasteiger partial charge on any atom is -0.495 e. The number of carbonyl (C=O) groups is 1. The van der Waals surface area contributed by atoms with Crippen LogP contribution in [0.3, 0.4) is 0 Å². The SMILES string of the molecule is COc1ccccc1N1CCN(Cc2ccc(C(=O)Nc3ccc(S(=O)(=O)Nc4ccc(Cl)cc4)cc3)cc2)CC1. The molecule has 1 saturated heterocycles. The summed E-state index contributed by atoms with van der Waals surface area (Å²) >= 11 is 5.86. The molecular weight excluding hydrogens is 560 g/mol. The molecule has 1 aliphatic heterocycles. The molecule has 1 aliphatic rings. The summed E-state index contributed by atoms with van der Waals surface area (Å²) in [4.78, 5) is 17.6. The molecule has 0 spiro atoms. The van der Waals surface area contributed by atoms with Crippen molar-refractivity contribution in [3.05, 3.63) is 113 Å². The Morgan fingerprint density at radius 2 is 1.46 bits per heavy atom. The zero-order chi connectivity index (χ0) is 28.8. The summed E-state index contributed by atoms with van der Waals surface area (Å²) in [5.74, 6) is 0.624. The second-order valence-corrected chi connectivity index (χ2v) is 11.8. The summed E-state index contributed by atoms with van der Waals surface area (Å²) in [6.45, 7) is 4.50. The first-order chi connectivity index (χ1) is 19.8. The fraction of sp³-hybridized carbons (Fsp3) is 0.194. The highest BCUT2D eigenvalue weighted by atomic mass is 35.5. The summed E-state index contributed by atoms with van der Waals surface area (Å²) in [6.07, 6.45) is 0. The van der Waals surface area contributed by atoms with Crippen LogP contribution in [0.15, 0.2) is 102 Å². The Bertz CT molecular complexity index is 1590. The molecule has 10 heteroatoms. The lowest BCUT2D eigenvalue weighted by molar-refractivity contribution is 0.102. The number of anilines is 3. The van der Waals surface area contributed by atoms with Crippen LogP contribution in [0.25, 0.3) is 0 Å². The van der Waals surface area contributed by atoms with E-state index in [1.165, 1.54) is 12.1 Å². The molecule has 5 rings (SSSR count). The number of piperazine rings is 1. The lowest BCUT2D eigenvalue weighted by atomic mass is 10.1. The van der Waals surface area contributed by atoms with E-state index in [0.717, 1.165) is 49.7 Å². The molecule has 0 radical (unpaired) electrons. The predicted molar refractivity (Wildman–Crippen MR) is 164 cm³/mol. The van der Waals surface area contributed by atoms with Crippen molar-refractivity contribution in [2.24, 2.45) is 0 Å². The van der Waals surface area contributed by atoms with Gasteiger partial charge in [0.25, 0.3) is 15.9 Å². The Morgan fingerprint density at radius 1 is 0.829 bits per heavy atom. The van der Waals surface area contributed by atoms with Gasteiger partial charge in [0, 0.05) is 54.7 Å². The van der Waals surface area contributed by atoms with Crippen LogP contribution in [-0.4, -0.2) is 52.5 Å². The lowest BCUT2D eigenvalue weighted by Gasteiger charge is -2.36. The average molecular weight is 591 g/mol. The predicted octanol–water partition coefficient (Wildman–Crippen LogP) is 5.72. The molecule has 4 aromatic carbocycles. The van der Waals surface area contributed by atoms with Crippen LogP contribution in [0.4, 0.5) is 17.1 Å². The summed E-state index contributed by atoms with van der Waals surface area (Å²) < 4.78 is 33.4. The molecule has 0 atom stereocenters. The molecule has 0 bridgehead atoms. The van der Waals surface area contributed by atoms with Gasteiger partial charge in [-0.15, -0.1) is 0 Å². The molecule has 1 fully saturated rings. The normalized spacial score (nSPS) is 14.0. The maximum absolute atomic E-state index is 12.8. The molecular formula is C31H31ClN4O4S. The average Bonchev–Trinajstić information content (AvgIpc) is 2.99. The number of sulfonamides is 1. The van der Waals surface area contributed by atoms with Crippen LogP contribution in [0.1, 0.15) is 15.9 Å². The number of hydrogen-bond donors (Lipinski definition) is 2. The molecule has 1 amide bonds. The highest BCUT2D eigenvalue weighted by molar-refractivity contribution is 7.92. The third-order valence-corrected chi connectivity index (χ3v) is 8.59. The highest BCUT2D eigenvalue weighted by Gasteiger charge is 2.20. The lowest BCUT2D eigenvalue weighted by Crippen LogP contribution is -2.46. The largest absolute Gasteiger partial charge is 0.495 e. The first kappa shape index (κ1) is 28.5. The Morgan fingerprint density at radius 3 is 2.12 bits per heavy atom. The zero-order valence-corrected chi connectivity index (χ0v) is 24.2. The van der Waals surface area contributed by atoms with E-state index in [4.69, 9.17) is 16.3 Å². The van der Waals surface area contributed by atoms with Gasteiger partial charge in [0.2, 0.25) is 0 Å². The van der Waals surface area contributed by atoms with E-state index in [9.17, 15) is 13.2 Å². The van der Waals surface area contributed by atoms with E-state index >= 15 is 0 Å². The summed E-state index contributed by atoms with van der Waals surface area (Å²) in [5.41, 5.74) is 3.68. The van der Waals surface area contributed by atoms with Crippen LogP contribution in [-0.2, 0) is 16.6 Å². The number of carbonyl (C=O) groups excluding carboxylic acids is 1. The van der Waals surface area contributed by atoms with E-state index in [0.29, 0.717) is 22.0 Å². The van der Waals surface area contributed by atoms with Crippen LogP contribution < -0.4 is 19.7 Å². The molecule has 0 aliphatic carbocycles. The summed E-state index contributed by atoms with van der Waals surface area (Å²) in [6, 6.07) is 28.1. The quantitative estimate of drug-likeness (QED) is 0.259. The Hall–Kier alpha value is -4.05. The van der Waals surface area contributed by atoms with Gasteiger partial charge in [-0.2, -0.15) is 0 Å². The van der Waals surface area contributed by atoms with Crippen LogP contribution in [0.5, 0.6) is 5.75 Å². The third-order valence-electron chi connectivity index (χ3n) is 6.94. The molecule has 0 aromatic heterocycles. The molecule has 0 saturated carbocycles. The minimum absolute atomic E-state index is 0.0820. The van der Waals surface area contributed by atoms with Gasteiger partial charge in [0.1, 0.15) is 5.75 Å².